The van der Waals surface area contributed by atoms with E-state index in [1.807, 2.05) is 53.2 Å². The normalized spacial score (nSPS) is 23.3. The second-order valence-electron chi connectivity index (χ2n) is 16.2. The minimum absolute atomic E-state index is 0.0655. The Balaban J connectivity index is 0.690. The largest absolute Gasteiger partial charge is 0.627 e. The van der Waals surface area contributed by atoms with Crippen molar-refractivity contribution in [2.24, 2.45) is 0 Å². The molecule has 4 aliphatic rings. The van der Waals surface area contributed by atoms with Crippen LogP contribution in [0.25, 0.3) is 17.0 Å². The molecule has 0 saturated carbocycles. The molecule has 4 aliphatic heterocycles. The predicted molar refractivity (Wildman–Crippen MR) is 226 cm³/mol. The number of benzene rings is 2. The van der Waals surface area contributed by atoms with Gasteiger partial charge in [-0.1, -0.05) is 24.3 Å². The van der Waals surface area contributed by atoms with Crippen LogP contribution in [0.4, 0.5) is 21.7 Å². The van der Waals surface area contributed by atoms with E-state index in [9.17, 15) is 24.4 Å². The van der Waals surface area contributed by atoms with Crippen LogP contribution >= 0.6 is 0 Å². The number of piperidine rings is 1. The molecular weight excluding hydrogens is 784 g/mol. The first kappa shape index (κ1) is 41.0. The Hall–Kier alpha value is -5.40. The molecule has 3 aromatic heterocycles. The summed E-state index contributed by atoms with van der Waals surface area (Å²) in [4.78, 5) is 42.2. The summed E-state index contributed by atoms with van der Waals surface area (Å²) >= 11 is 0. The lowest BCUT2D eigenvalue weighted by molar-refractivity contribution is -0.857. The van der Waals surface area contributed by atoms with Crippen molar-refractivity contribution < 1.29 is 33.2 Å². The van der Waals surface area contributed by atoms with Crippen LogP contribution < -0.4 is 20.2 Å². The number of fused-ring (bicyclic) bond motifs is 2. The SMILES string of the molecule is O=C1C([N+]2([O-])Cc3ccc(NCCOCCOCCN4CCN(c5cccc(-c6cnc7ccc(N8CCCC8c8cccc(F)c8)nn67)n5)CC4)cc3C2=O)CCC[NH+]1[O-]. The van der Waals surface area contributed by atoms with Crippen LogP contribution in [-0.4, -0.2) is 126 Å². The summed E-state index contributed by atoms with van der Waals surface area (Å²) in [5.74, 6) is 0.139. The van der Waals surface area contributed by atoms with Gasteiger partial charge in [0.1, 0.15) is 29.7 Å². The average molecular weight is 835 g/mol. The zero-order valence-electron chi connectivity index (χ0n) is 34.1. The molecule has 2 aromatic carbocycles. The number of halogens is 1. The molecule has 0 radical (unpaired) electrons. The number of pyridine rings is 1. The van der Waals surface area contributed by atoms with E-state index in [2.05, 4.69) is 25.0 Å². The number of hydroxylamine groups is 5. The highest BCUT2D eigenvalue weighted by Gasteiger charge is 2.51. The predicted octanol–water partition coefficient (Wildman–Crippen LogP) is 3.58. The fourth-order valence-corrected chi connectivity index (χ4v) is 9.12. The first-order chi connectivity index (χ1) is 29.7. The molecule has 17 heteroatoms. The molecule has 3 saturated heterocycles. The second kappa shape index (κ2) is 17.9. The van der Waals surface area contributed by atoms with Crippen molar-refractivity contribution in [1.29, 1.82) is 0 Å². The summed E-state index contributed by atoms with van der Waals surface area (Å²) in [6.07, 6.45) is 4.47. The van der Waals surface area contributed by atoms with E-state index in [4.69, 9.17) is 19.6 Å². The monoisotopic (exact) mass is 834 g/mol. The summed E-state index contributed by atoms with van der Waals surface area (Å²) in [7, 11) is 0. The van der Waals surface area contributed by atoms with Crippen LogP contribution in [0.3, 0.4) is 0 Å². The van der Waals surface area contributed by atoms with E-state index in [0.29, 0.717) is 56.2 Å². The van der Waals surface area contributed by atoms with Gasteiger partial charge in [0.05, 0.1) is 56.5 Å². The molecule has 0 aliphatic carbocycles. The molecular formula is C44H51FN10O6. The maximum Gasteiger partial charge on any atom is 0.370 e. The minimum Gasteiger partial charge on any atom is -0.627 e. The number of aromatic nitrogens is 4. The molecule has 4 atom stereocenters. The number of amides is 2. The van der Waals surface area contributed by atoms with Crippen molar-refractivity contribution in [1.82, 2.24) is 24.5 Å². The van der Waals surface area contributed by atoms with Crippen molar-refractivity contribution in [3.8, 4) is 11.4 Å². The number of imidazole rings is 1. The molecule has 3 fully saturated rings. The number of ether oxygens (including phenoxy) is 2. The van der Waals surface area contributed by atoms with E-state index in [1.54, 1.807) is 24.3 Å². The number of quaternary nitrogens is 2. The van der Waals surface area contributed by atoms with E-state index in [-0.39, 0.29) is 31.4 Å². The van der Waals surface area contributed by atoms with Crippen LogP contribution in [0.5, 0.6) is 0 Å². The number of hydrogen-bond acceptors (Lipinski definition) is 13. The first-order valence-electron chi connectivity index (χ1n) is 21.3. The van der Waals surface area contributed by atoms with Crippen molar-refractivity contribution in [3.63, 3.8) is 0 Å². The number of anilines is 3. The standard InChI is InChI=1S/C44H51FN10O6/c45-33-6-1-5-31(27-33)37-8-3-16-52(37)42-14-13-40-47-29-38(54(40)49-42)36-7-2-10-41(48-36)51-20-18-50(19-21-51)22-24-61-26-25-60-23-15-46-34-12-11-32-30-55(59,44(57)35(32)28-34)39-9-4-17-53(58)43(39)56/h1-2,5-7,10-14,27-29,37,39,46,53H,3-4,8-9,15-26,30H2. The third kappa shape index (κ3) is 8.59. The van der Waals surface area contributed by atoms with Gasteiger partial charge in [0.25, 0.3) is 0 Å². The van der Waals surface area contributed by atoms with Crippen molar-refractivity contribution >= 4 is 34.8 Å². The molecule has 7 heterocycles. The average Bonchev–Trinajstić information content (AvgIpc) is 4.01. The minimum atomic E-state index is -1.30. The molecule has 0 spiro atoms. The van der Waals surface area contributed by atoms with Gasteiger partial charge in [0.2, 0.25) is 6.04 Å². The Kier molecular flexibility index (Phi) is 12.0. The molecule has 61 heavy (non-hydrogen) atoms. The van der Waals surface area contributed by atoms with E-state index in [1.165, 1.54) is 6.07 Å². The molecule has 2 N–H and O–H groups in total. The van der Waals surface area contributed by atoms with E-state index in [0.717, 1.165) is 86.3 Å². The van der Waals surface area contributed by atoms with Crippen LogP contribution in [0.15, 0.2) is 79.0 Å². The molecule has 2 amide bonds. The molecule has 0 bridgehead atoms. The highest BCUT2D eigenvalue weighted by Crippen LogP contribution is 2.37. The number of rotatable bonds is 15. The maximum atomic E-state index is 14.1. The Morgan fingerprint density at radius 2 is 1.72 bits per heavy atom. The Morgan fingerprint density at radius 1 is 0.885 bits per heavy atom. The van der Waals surface area contributed by atoms with Gasteiger partial charge in [-0.25, -0.2) is 28.5 Å². The fourth-order valence-electron chi connectivity index (χ4n) is 9.12. The molecule has 4 unspecified atom stereocenters. The van der Waals surface area contributed by atoms with E-state index < -0.39 is 27.6 Å². The maximum absolute atomic E-state index is 14.1. The summed E-state index contributed by atoms with van der Waals surface area (Å²) < 4.78 is 26.3. The number of carbonyl (C=O) groups excluding carboxylic acids is 2. The summed E-state index contributed by atoms with van der Waals surface area (Å²) in [5, 5.41) is 33.2. The smallest absolute Gasteiger partial charge is 0.370 e. The molecule has 9 rings (SSSR count). The second-order valence-corrected chi connectivity index (χ2v) is 16.2. The quantitative estimate of drug-likeness (QED) is 0.0894. The zero-order chi connectivity index (χ0) is 41.9. The summed E-state index contributed by atoms with van der Waals surface area (Å²) in [6, 6.07) is 21.0. The van der Waals surface area contributed by atoms with Gasteiger partial charge in [-0.3, -0.25) is 9.55 Å². The van der Waals surface area contributed by atoms with E-state index >= 15 is 0 Å². The van der Waals surface area contributed by atoms with Crippen molar-refractivity contribution in [2.45, 2.75) is 44.3 Å². The topological polar surface area (TPSA) is 168 Å². The van der Waals surface area contributed by atoms with Gasteiger partial charge >= 0.3 is 11.8 Å². The molecule has 320 valence electrons. The number of piperazine rings is 1. The lowest BCUT2D eigenvalue weighted by Crippen LogP contribution is -3.13. The Bertz CT molecular complexity index is 2370. The fraction of sp³-hybridized carbons (Fsp3) is 0.432. The Morgan fingerprint density at radius 3 is 2.57 bits per heavy atom. The molecule has 16 nitrogen and oxygen atoms in total. The van der Waals surface area contributed by atoms with Gasteiger partial charge < -0.3 is 40.1 Å². The lowest BCUT2D eigenvalue weighted by atomic mass is 10.0. The highest BCUT2D eigenvalue weighted by molar-refractivity contribution is 5.95. The summed E-state index contributed by atoms with van der Waals surface area (Å²) in [5.41, 5.74) is 4.90. The molecule has 5 aromatic rings. The van der Waals surface area contributed by atoms with Crippen LogP contribution in [-0.2, 0) is 20.8 Å². The summed E-state index contributed by atoms with van der Waals surface area (Å²) in [6.45, 7) is 7.59. The van der Waals surface area contributed by atoms with Gasteiger partial charge in [-0.15, -0.1) is 5.10 Å². The third-order valence-corrected chi connectivity index (χ3v) is 12.4. The Labute approximate surface area is 353 Å². The number of nitrogens with zero attached hydrogens (tertiary/aromatic N) is 8. The van der Waals surface area contributed by atoms with Crippen LogP contribution in [0.1, 0.15) is 53.2 Å². The lowest BCUT2D eigenvalue weighted by Gasteiger charge is -2.43. The first-order valence-corrected chi connectivity index (χ1v) is 21.3. The number of carbonyl (C=O) groups is 2. The van der Waals surface area contributed by atoms with Gasteiger partial charge in [0.15, 0.2) is 5.65 Å². The van der Waals surface area contributed by atoms with Crippen LogP contribution in [0.2, 0.25) is 0 Å². The third-order valence-electron chi connectivity index (χ3n) is 12.4. The van der Waals surface area contributed by atoms with Gasteiger partial charge in [-0.05, 0) is 66.9 Å². The van der Waals surface area contributed by atoms with Crippen molar-refractivity contribution in [3.05, 3.63) is 112 Å². The van der Waals surface area contributed by atoms with Gasteiger partial charge in [-0.2, -0.15) is 0 Å². The highest BCUT2D eigenvalue weighted by atomic mass is 19.1. The number of hydrogen-bond donors (Lipinski definition) is 2. The number of nitrogens with one attached hydrogen (secondary N) is 2. The zero-order valence-corrected chi connectivity index (χ0v) is 34.1. The van der Waals surface area contributed by atoms with Crippen LogP contribution in [0, 0.1) is 16.2 Å². The van der Waals surface area contributed by atoms with Crippen molar-refractivity contribution in [2.75, 3.05) is 93.9 Å². The van der Waals surface area contributed by atoms with Gasteiger partial charge in [0, 0.05) is 69.9 Å².